The third kappa shape index (κ3) is 4.84. The lowest BCUT2D eigenvalue weighted by molar-refractivity contribution is 0.0977. The number of carbonyl (C=O) groups excluding carboxylic acids is 1. The first-order valence-corrected chi connectivity index (χ1v) is 10.1. The van der Waals surface area contributed by atoms with Crippen molar-refractivity contribution in [2.75, 3.05) is 5.32 Å². The van der Waals surface area contributed by atoms with Crippen molar-refractivity contribution in [3.05, 3.63) is 94.3 Å². The molecule has 0 spiro atoms. The van der Waals surface area contributed by atoms with E-state index in [4.69, 9.17) is 28.2 Å². The second kappa shape index (κ2) is 8.65. The van der Waals surface area contributed by atoms with Crippen LogP contribution in [0.5, 0.6) is 0 Å². The summed E-state index contributed by atoms with van der Waals surface area (Å²) in [6.07, 6.45) is 0.557. The first-order chi connectivity index (χ1) is 14.5. The molecular formula is C23H18ClN3O2S. The van der Waals surface area contributed by atoms with Gasteiger partial charge in [0.1, 0.15) is 5.52 Å². The van der Waals surface area contributed by atoms with Crippen LogP contribution in [-0.2, 0) is 6.42 Å². The predicted octanol–water partition coefficient (Wildman–Crippen LogP) is 5.51. The Morgan fingerprint density at radius 1 is 1.10 bits per heavy atom. The van der Waals surface area contributed by atoms with E-state index in [-0.39, 0.29) is 11.0 Å². The van der Waals surface area contributed by atoms with E-state index in [1.165, 1.54) is 0 Å². The summed E-state index contributed by atoms with van der Waals surface area (Å²) in [5.74, 6) is 0.373. The van der Waals surface area contributed by atoms with Crippen molar-refractivity contribution in [1.82, 2.24) is 10.3 Å². The number of carbonyl (C=O) groups is 1. The van der Waals surface area contributed by atoms with Crippen molar-refractivity contribution in [3.63, 3.8) is 0 Å². The molecule has 0 bridgehead atoms. The molecule has 0 unspecified atom stereocenters. The molecule has 1 heterocycles. The van der Waals surface area contributed by atoms with E-state index in [0.29, 0.717) is 28.5 Å². The van der Waals surface area contributed by atoms with Gasteiger partial charge in [-0.1, -0.05) is 41.4 Å². The Kier molecular flexibility index (Phi) is 5.79. The van der Waals surface area contributed by atoms with Crippen molar-refractivity contribution in [3.8, 4) is 0 Å². The van der Waals surface area contributed by atoms with E-state index in [9.17, 15) is 4.79 Å². The SMILES string of the molecule is Cc1cccc(C(=O)NC(=S)Nc2ccc(Cc3nc4cc(Cl)ccc4o3)cc2)c1. The average molecular weight is 436 g/mol. The fourth-order valence-corrected chi connectivity index (χ4v) is 3.41. The van der Waals surface area contributed by atoms with E-state index >= 15 is 0 Å². The number of nitrogens with one attached hydrogen (secondary N) is 2. The summed E-state index contributed by atoms with van der Waals surface area (Å²) in [7, 11) is 0. The molecule has 0 saturated heterocycles. The Hall–Kier alpha value is -3.22. The Morgan fingerprint density at radius 2 is 1.90 bits per heavy atom. The summed E-state index contributed by atoms with van der Waals surface area (Å²) >= 11 is 11.2. The van der Waals surface area contributed by atoms with E-state index in [1.807, 2.05) is 55.5 Å². The van der Waals surface area contributed by atoms with Gasteiger partial charge in [0.05, 0.1) is 0 Å². The Morgan fingerprint density at radius 3 is 2.67 bits per heavy atom. The predicted molar refractivity (Wildman–Crippen MR) is 123 cm³/mol. The number of hydrogen-bond donors (Lipinski definition) is 2. The lowest BCUT2D eigenvalue weighted by Gasteiger charge is -2.10. The summed E-state index contributed by atoms with van der Waals surface area (Å²) in [6, 6.07) is 20.4. The zero-order valence-electron chi connectivity index (χ0n) is 16.1. The average Bonchev–Trinajstić information content (AvgIpc) is 3.10. The molecule has 0 atom stereocenters. The summed E-state index contributed by atoms with van der Waals surface area (Å²) in [5, 5.41) is 6.58. The smallest absolute Gasteiger partial charge is 0.257 e. The number of anilines is 1. The molecule has 4 aromatic rings. The van der Waals surface area contributed by atoms with Gasteiger partial charge in [-0.25, -0.2) is 4.98 Å². The summed E-state index contributed by atoms with van der Waals surface area (Å²) in [4.78, 5) is 16.8. The molecule has 7 heteroatoms. The standard InChI is InChI=1S/C23H18ClN3O2S/c1-14-3-2-4-16(11-14)22(28)27-23(30)25-18-8-5-15(6-9-18)12-21-26-19-13-17(24)7-10-20(19)29-21/h2-11,13H,12H2,1H3,(H2,25,27,28,30). The maximum atomic E-state index is 12.3. The second-order valence-corrected chi connectivity index (χ2v) is 7.72. The van der Waals surface area contributed by atoms with Crippen LogP contribution in [0, 0.1) is 6.92 Å². The molecule has 2 N–H and O–H groups in total. The molecule has 0 fully saturated rings. The fraction of sp³-hybridized carbons (Fsp3) is 0.0870. The number of amides is 1. The van der Waals surface area contributed by atoms with Gasteiger partial charge in [0.15, 0.2) is 16.6 Å². The molecule has 30 heavy (non-hydrogen) atoms. The summed E-state index contributed by atoms with van der Waals surface area (Å²) in [5.41, 5.74) is 4.84. The summed E-state index contributed by atoms with van der Waals surface area (Å²) < 4.78 is 5.76. The number of oxazole rings is 1. The number of thiocarbonyl (C=S) groups is 1. The topological polar surface area (TPSA) is 67.2 Å². The molecule has 0 aliphatic heterocycles. The van der Waals surface area contributed by atoms with Gasteiger partial charge >= 0.3 is 0 Å². The minimum Gasteiger partial charge on any atom is -0.440 e. The number of halogens is 1. The largest absolute Gasteiger partial charge is 0.440 e. The molecule has 5 nitrogen and oxygen atoms in total. The number of fused-ring (bicyclic) bond motifs is 1. The van der Waals surface area contributed by atoms with Gasteiger partial charge in [-0.2, -0.15) is 0 Å². The van der Waals surface area contributed by atoms with Gasteiger partial charge < -0.3 is 9.73 Å². The molecule has 150 valence electrons. The molecular weight excluding hydrogens is 418 g/mol. The van der Waals surface area contributed by atoms with Crippen molar-refractivity contribution >= 4 is 51.6 Å². The van der Waals surface area contributed by atoms with Crippen LogP contribution < -0.4 is 10.6 Å². The van der Waals surface area contributed by atoms with Crippen molar-refractivity contribution in [2.45, 2.75) is 13.3 Å². The third-order valence-corrected chi connectivity index (χ3v) is 4.91. The van der Waals surface area contributed by atoms with Crippen LogP contribution in [0.25, 0.3) is 11.1 Å². The number of benzene rings is 3. The molecule has 3 aromatic carbocycles. The molecule has 0 radical (unpaired) electrons. The van der Waals surface area contributed by atoms with Crippen LogP contribution in [-0.4, -0.2) is 16.0 Å². The molecule has 0 saturated carbocycles. The highest BCUT2D eigenvalue weighted by Gasteiger charge is 2.09. The third-order valence-electron chi connectivity index (χ3n) is 4.47. The van der Waals surface area contributed by atoms with Gasteiger partial charge in [-0.05, 0) is 67.2 Å². The van der Waals surface area contributed by atoms with E-state index in [2.05, 4.69) is 15.6 Å². The molecule has 0 aliphatic carbocycles. The quantitative estimate of drug-likeness (QED) is 0.414. The number of aromatic nitrogens is 1. The maximum absolute atomic E-state index is 12.3. The zero-order chi connectivity index (χ0) is 21.1. The first-order valence-electron chi connectivity index (χ1n) is 9.29. The highest BCUT2D eigenvalue weighted by atomic mass is 35.5. The number of rotatable bonds is 4. The lowest BCUT2D eigenvalue weighted by Crippen LogP contribution is -2.34. The zero-order valence-corrected chi connectivity index (χ0v) is 17.7. The van der Waals surface area contributed by atoms with Crippen LogP contribution in [0.1, 0.15) is 27.4 Å². The van der Waals surface area contributed by atoms with Crippen molar-refractivity contribution in [1.29, 1.82) is 0 Å². The normalized spacial score (nSPS) is 10.7. The lowest BCUT2D eigenvalue weighted by atomic mass is 10.1. The summed E-state index contributed by atoms with van der Waals surface area (Å²) in [6.45, 7) is 1.94. The minimum atomic E-state index is -0.246. The number of hydrogen-bond acceptors (Lipinski definition) is 4. The molecule has 0 aliphatic rings. The Balaban J connectivity index is 1.36. The first kappa shape index (κ1) is 20.1. The maximum Gasteiger partial charge on any atom is 0.257 e. The Labute approximate surface area is 184 Å². The fourth-order valence-electron chi connectivity index (χ4n) is 3.03. The van der Waals surface area contributed by atoms with Crippen LogP contribution >= 0.6 is 23.8 Å². The van der Waals surface area contributed by atoms with Crippen LogP contribution in [0.3, 0.4) is 0 Å². The van der Waals surface area contributed by atoms with E-state index in [1.54, 1.807) is 18.2 Å². The number of aryl methyl sites for hydroxylation is 1. The van der Waals surface area contributed by atoms with E-state index in [0.717, 1.165) is 22.3 Å². The molecule has 1 aromatic heterocycles. The Bertz CT molecular complexity index is 1230. The number of nitrogens with zero attached hydrogens (tertiary/aromatic N) is 1. The highest BCUT2D eigenvalue weighted by molar-refractivity contribution is 7.80. The van der Waals surface area contributed by atoms with Gasteiger partial charge in [-0.15, -0.1) is 0 Å². The van der Waals surface area contributed by atoms with Crippen LogP contribution in [0.2, 0.25) is 5.02 Å². The second-order valence-electron chi connectivity index (χ2n) is 6.87. The van der Waals surface area contributed by atoms with Gasteiger partial charge in [0.25, 0.3) is 5.91 Å². The van der Waals surface area contributed by atoms with Crippen molar-refractivity contribution in [2.24, 2.45) is 0 Å². The molecule has 4 rings (SSSR count). The van der Waals surface area contributed by atoms with Crippen LogP contribution in [0.15, 0.2) is 71.1 Å². The van der Waals surface area contributed by atoms with Crippen LogP contribution in [0.4, 0.5) is 5.69 Å². The molecule has 1 amide bonds. The highest BCUT2D eigenvalue weighted by Crippen LogP contribution is 2.22. The van der Waals surface area contributed by atoms with Crippen molar-refractivity contribution < 1.29 is 9.21 Å². The van der Waals surface area contributed by atoms with Gasteiger partial charge in [0.2, 0.25) is 0 Å². The van der Waals surface area contributed by atoms with Gasteiger partial charge in [0, 0.05) is 22.7 Å². The monoisotopic (exact) mass is 435 g/mol. The van der Waals surface area contributed by atoms with Gasteiger partial charge in [-0.3, -0.25) is 10.1 Å². The van der Waals surface area contributed by atoms with E-state index < -0.39 is 0 Å². The minimum absolute atomic E-state index is 0.241.